The maximum atomic E-state index is 14.7. The van der Waals surface area contributed by atoms with Gasteiger partial charge in [-0.25, -0.2) is 13.7 Å². The van der Waals surface area contributed by atoms with Crippen LogP contribution in [-0.4, -0.2) is 51.2 Å². The smallest absolute Gasteiger partial charge is 0.414 e. The number of benzene rings is 1. The van der Waals surface area contributed by atoms with E-state index in [2.05, 4.69) is 20.8 Å². The number of carbonyl (C=O) groups excluding carboxylic acids is 2. The van der Waals surface area contributed by atoms with E-state index < -0.39 is 18.0 Å². The molecule has 0 spiro atoms. The SMILES string of the molecule is CC(=O)NC[C@H]1CN(c2ccc(-c3ccc4nnnn4c3)c(F)c2)C(=O)O1. The van der Waals surface area contributed by atoms with Crippen LogP contribution in [0.2, 0.25) is 0 Å². The van der Waals surface area contributed by atoms with Crippen molar-refractivity contribution in [2.45, 2.75) is 13.0 Å². The van der Waals surface area contributed by atoms with Crippen molar-refractivity contribution in [3.05, 3.63) is 42.3 Å². The maximum Gasteiger partial charge on any atom is 0.414 e. The van der Waals surface area contributed by atoms with Crippen molar-refractivity contribution in [1.29, 1.82) is 0 Å². The fourth-order valence-corrected chi connectivity index (χ4v) is 2.90. The van der Waals surface area contributed by atoms with E-state index >= 15 is 0 Å². The first-order valence-corrected chi connectivity index (χ1v) is 8.21. The van der Waals surface area contributed by atoms with Crippen LogP contribution < -0.4 is 10.2 Å². The molecule has 3 heterocycles. The number of hydrogen-bond donors (Lipinski definition) is 1. The molecular formula is C17H15FN6O3. The van der Waals surface area contributed by atoms with Gasteiger partial charge in [0.2, 0.25) is 5.91 Å². The molecule has 1 atom stereocenters. The molecule has 1 aliphatic rings. The lowest BCUT2D eigenvalue weighted by molar-refractivity contribution is -0.119. The molecule has 4 rings (SSSR count). The number of amides is 2. The molecule has 0 aliphatic carbocycles. The highest BCUT2D eigenvalue weighted by atomic mass is 19.1. The summed E-state index contributed by atoms with van der Waals surface area (Å²) in [5.41, 5.74) is 1.90. The van der Waals surface area contributed by atoms with Gasteiger partial charge < -0.3 is 10.1 Å². The van der Waals surface area contributed by atoms with Crippen molar-refractivity contribution < 1.29 is 18.7 Å². The van der Waals surface area contributed by atoms with Gasteiger partial charge in [-0.15, -0.1) is 5.10 Å². The summed E-state index contributed by atoms with van der Waals surface area (Å²) in [6.45, 7) is 1.83. The van der Waals surface area contributed by atoms with Crippen LogP contribution in [0.25, 0.3) is 16.8 Å². The summed E-state index contributed by atoms with van der Waals surface area (Å²) < 4.78 is 21.3. The third kappa shape index (κ3) is 3.28. The minimum atomic E-state index is -0.576. The molecule has 0 radical (unpaired) electrons. The van der Waals surface area contributed by atoms with Crippen molar-refractivity contribution in [2.75, 3.05) is 18.0 Å². The molecule has 1 N–H and O–H groups in total. The molecule has 0 saturated carbocycles. The minimum absolute atomic E-state index is 0.209. The molecular weight excluding hydrogens is 355 g/mol. The van der Waals surface area contributed by atoms with Gasteiger partial charge in [0.25, 0.3) is 0 Å². The Morgan fingerprint density at radius 1 is 1.37 bits per heavy atom. The van der Waals surface area contributed by atoms with Crippen LogP contribution in [0.1, 0.15) is 6.92 Å². The van der Waals surface area contributed by atoms with E-state index in [9.17, 15) is 14.0 Å². The van der Waals surface area contributed by atoms with Crippen molar-refractivity contribution in [1.82, 2.24) is 25.4 Å². The highest BCUT2D eigenvalue weighted by Crippen LogP contribution is 2.29. The van der Waals surface area contributed by atoms with Gasteiger partial charge in [-0.1, -0.05) is 0 Å². The largest absolute Gasteiger partial charge is 0.442 e. The number of fused-ring (bicyclic) bond motifs is 1. The molecule has 0 unspecified atom stereocenters. The zero-order valence-electron chi connectivity index (χ0n) is 14.3. The Morgan fingerprint density at radius 2 is 2.22 bits per heavy atom. The molecule has 27 heavy (non-hydrogen) atoms. The van der Waals surface area contributed by atoms with Gasteiger partial charge in [-0.05, 0) is 40.8 Å². The molecule has 2 amide bonds. The minimum Gasteiger partial charge on any atom is -0.442 e. The number of tetrazole rings is 1. The summed E-state index contributed by atoms with van der Waals surface area (Å²) in [4.78, 5) is 24.4. The number of aromatic nitrogens is 4. The third-order valence-corrected chi connectivity index (χ3v) is 4.22. The Morgan fingerprint density at radius 3 is 3.00 bits per heavy atom. The Kier molecular flexibility index (Phi) is 4.15. The molecule has 1 aromatic carbocycles. The van der Waals surface area contributed by atoms with E-state index in [0.717, 1.165) is 0 Å². The molecule has 10 heteroatoms. The lowest BCUT2D eigenvalue weighted by atomic mass is 10.1. The van der Waals surface area contributed by atoms with Gasteiger partial charge in [0, 0.05) is 24.2 Å². The summed E-state index contributed by atoms with van der Waals surface area (Å²) >= 11 is 0. The van der Waals surface area contributed by atoms with Gasteiger partial charge in [0.05, 0.1) is 18.8 Å². The summed E-state index contributed by atoms with van der Waals surface area (Å²) in [5, 5.41) is 13.8. The van der Waals surface area contributed by atoms with Crippen molar-refractivity contribution in [3.8, 4) is 11.1 Å². The third-order valence-electron chi connectivity index (χ3n) is 4.22. The Bertz CT molecular complexity index is 1040. The number of ether oxygens (including phenoxy) is 1. The van der Waals surface area contributed by atoms with Crippen LogP contribution in [0.4, 0.5) is 14.9 Å². The molecule has 2 aromatic heterocycles. The lowest BCUT2D eigenvalue weighted by Gasteiger charge is -2.14. The lowest BCUT2D eigenvalue weighted by Crippen LogP contribution is -2.33. The zero-order chi connectivity index (χ0) is 19.0. The van der Waals surface area contributed by atoms with Crippen LogP contribution >= 0.6 is 0 Å². The number of halogens is 1. The fraction of sp³-hybridized carbons (Fsp3) is 0.235. The van der Waals surface area contributed by atoms with E-state index in [4.69, 9.17) is 4.74 Å². The van der Waals surface area contributed by atoms with Gasteiger partial charge in [-0.3, -0.25) is 9.69 Å². The fourth-order valence-electron chi connectivity index (χ4n) is 2.90. The summed E-state index contributed by atoms with van der Waals surface area (Å²) in [5.74, 6) is -0.697. The zero-order valence-corrected chi connectivity index (χ0v) is 14.3. The van der Waals surface area contributed by atoms with E-state index in [-0.39, 0.29) is 19.0 Å². The Labute approximate surface area is 152 Å². The second kappa shape index (κ2) is 6.63. The van der Waals surface area contributed by atoms with Gasteiger partial charge in [0.15, 0.2) is 5.65 Å². The average molecular weight is 370 g/mol. The highest BCUT2D eigenvalue weighted by molar-refractivity contribution is 5.90. The first-order valence-electron chi connectivity index (χ1n) is 8.21. The predicted octanol–water partition coefficient (Wildman–Crippen LogP) is 1.39. The number of pyridine rings is 1. The molecule has 138 valence electrons. The van der Waals surface area contributed by atoms with Gasteiger partial charge in [-0.2, -0.15) is 0 Å². The van der Waals surface area contributed by atoms with Crippen LogP contribution in [-0.2, 0) is 9.53 Å². The summed E-state index contributed by atoms with van der Waals surface area (Å²) in [7, 11) is 0. The van der Waals surface area contributed by atoms with Crippen LogP contribution in [0.5, 0.6) is 0 Å². The van der Waals surface area contributed by atoms with Crippen molar-refractivity contribution in [2.24, 2.45) is 0 Å². The topological polar surface area (TPSA) is 102 Å². The van der Waals surface area contributed by atoms with Crippen LogP contribution in [0.15, 0.2) is 36.5 Å². The quantitative estimate of drug-likeness (QED) is 0.745. The number of nitrogens with zero attached hydrogens (tertiary/aromatic N) is 5. The summed E-state index contributed by atoms with van der Waals surface area (Å²) in [6.07, 6.45) is 0.569. The monoisotopic (exact) mass is 370 g/mol. The number of anilines is 1. The number of rotatable bonds is 4. The molecule has 9 nitrogen and oxygen atoms in total. The molecule has 3 aromatic rings. The molecule has 1 fully saturated rings. The van der Waals surface area contributed by atoms with Crippen LogP contribution in [0, 0.1) is 5.82 Å². The van der Waals surface area contributed by atoms with Gasteiger partial charge >= 0.3 is 6.09 Å². The Hall–Kier alpha value is -3.56. The van der Waals surface area contributed by atoms with Crippen molar-refractivity contribution >= 4 is 23.3 Å². The summed E-state index contributed by atoms with van der Waals surface area (Å²) in [6, 6.07) is 7.92. The second-order valence-electron chi connectivity index (χ2n) is 6.12. The molecule has 0 bridgehead atoms. The van der Waals surface area contributed by atoms with Crippen molar-refractivity contribution in [3.63, 3.8) is 0 Å². The van der Waals surface area contributed by atoms with Crippen LogP contribution in [0.3, 0.4) is 0 Å². The van der Waals surface area contributed by atoms with E-state index in [1.54, 1.807) is 30.5 Å². The molecule has 1 aliphatic heterocycles. The van der Waals surface area contributed by atoms with Gasteiger partial charge in [0.1, 0.15) is 11.9 Å². The average Bonchev–Trinajstić information content (AvgIpc) is 3.25. The predicted molar refractivity (Wildman–Crippen MR) is 92.5 cm³/mol. The standard InChI is InChI=1S/C17H15FN6O3/c1-10(25)19-7-13-9-23(17(26)27-13)12-3-4-14(15(18)6-12)11-2-5-16-20-21-22-24(16)8-11/h2-6,8,13H,7,9H2,1H3,(H,19,25)/t13-/m0/s1. The highest BCUT2D eigenvalue weighted by Gasteiger charge is 2.32. The number of carbonyl (C=O) groups is 2. The maximum absolute atomic E-state index is 14.7. The number of cyclic esters (lactones) is 1. The van der Waals surface area contributed by atoms with E-state index in [0.29, 0.717) is 22.5 Å². The normalized spacial score (nSPS) is 16.6. The second-order valence-corrected chi connectivity index (χ2v) is 6.12. The van der Waals surface area contributed by atoms with E-state index in [1.165, 1.54) is 22.4 Å². The Balaban J connectivity index is 1.56. The first-order chi connectivity index (χ1) is 13.0. The van der Waals surface area contributed by atoms with E-state index in [1.807, 2.05) is 0 Å². The first kappa shape index (κ1) is 16.9. The molecule has 1 saturated heterocycles. The number of nitrogens with one attached hydrogen (secondary N) is 1. The number of hydrogen-bond acceptors (Lipinski definition) is 6.